The summed E-state index contributed by atoms with van der Waals surface area (Å²) in [5.41, 5.74) is 0.909. The predicted molar refractivity (Wildman–Crippen MR) is 101 cm³/mol. The van der Waals surface area contributed by atoms with Gasteiger partial charge in [0, 0.05) is 31.8 Å². The van der Waals surface area contributed by atoms with Crippen LogP contribution in [0.25, 0.3) is 0 Å². The Morgan fingerprint density at radius 3 is 2.92 bits per heavy atom. The number of hydrogen-bond acceptors (Lipinski definition) is 4. The van der Waals surface area contributed by atoms with Gasteiger partial charge in [0.25, 0.3) is 0 Å². The lowest BCUT2D eigenvalue weighted by Crippen LogP contribution is -2.43. The van der Waals surface area contributed by atoms with E-state index in [-0.39, 0.29) is 12.6 Å². The fraction of sp³-hybridized carbons (Fsp3) is 0.474. The fourth-order valence-corrected chi connectivity index (χ4v) is 2.94. The summed E-state index contributed by atoms with van der Waals surface area (Å²) in [6.07, 6.45) is 4.43. The van der Waals surface area contributed by atoms with Crippen molar-refractivity contribution < 1.29 is 9.84 Å². The third-order valence-corrected chi connectivity index (χ3v) is 4.43. The lowest BCUT2D eigenvalue weighted by Gasteiger charge is -2.21. The summed E-state index contributed by atoms with van der Waals surface area (Å²) in [4.78, 5) is 4.53. The van der Waals surface area contributed by atoms with E-state index in [2.05, 4.69) is 26.8 Å². The highest BCUT2D eigenvalue weighted by Crippen LogP contribution is 2.27. The standard InChI is InChI=1S/C19H27N5O2/c1-4-20-18(22-13-19(2,25)15-10-23-24(3)12-15)21-11-16-9-14-7-5-6-8-17(14)26-16/h5-8,10,12,16,25H,4,9,11,13H2,1-3H3,(H2,20,21,22). The smallest absolute Gasteiger partial charge is 0.191 e. The van der Waals surface area contributed by atoms with Gasteiger partial charge in [0.05, 0.1) is 19.3 Å². The van der Waals surface area contributed by atoms with E-state index in [9.17, 15) is 5.11 Å². The number of aromatic nitrogens is 2. The van der Waals surface area contributed by atoms with Crippen LogP contribution in [-0.2, 0) is 19.1 Å². The van der Waals surface area contributed by atoms with E-state index >= 15 is 0 Å². The van der Waals surface area contributed by atoms with E-state index in [0.29, 0.717) is 12.5 Å². The van der Waals surface area contributed by atoms with E-state index in [0.717, 1.165) is 24.3 Å². The second-order valence-corrected chi connectivity index (χ2v) is 6.80. The van der Waals surface area contributed by atoms with Crippen LogP contribution >= 0.6 is 0 Å². The number of para-hydroxylation sites is 1. The molecule has 0 saturated carbocycles. The molecule has 1 aliphatic rings. The Balaban J connectivity index is 1.58. The zero-order chi connectivity index (χ0) is 18.6. The molecule has 2 unspecified atom stereocenters. The molecule has 0 fully saturated rings. The van der Waals surface area contributed by atoms with Crippen molar-refractivity contribution in [3.05, 3.63) is 47.8 Å². The average Bonchev–Trinajstić information content (AvgIpc) is 3.23. The van der Waals surface area contributed by atoms with Crippen molar-refractivity contribution in [2.75, 3.05) is 19.6 Å². The first kappa shape index (κ1) is 18.3. The third-order valence-electron chi connectivity index (χ3n) is 4.43. The first-order chi connectivity index (χ1) is 12.5. The number of hydrogen-bond donors (Lipinski definition) is 3. The molecule has 1 aromatic carbocycles. The van der Waals surface area contributed by atoms with Gasteiger partial charge >= 0.3 is 0 Å². The molecular weight excluding hydrogens is 330 g/mol. The number of aliphatic hydroxyl groups is 1. The average molecular weight is 357 g/mol. The molecule has 0 saturated heterocycles. The largest absolute Gasteiger partial charge is 0.488 e. The highest BCUT2D eigenvalue weighted by Gasteiger charge is 2.25. The van der Waals surface area contributed by atoms with Crippen LogP contribution in [-0.4, -0.2) is 46.6 Å². The Morgan fingerprint density at radius 1 is 1.42 bits per heavy atom. The monoisotopic (exact) mass is 357 g/mol. The summed E-state index contributed by atoms with van der Waals surface area (Å²) in [5, 5.41) is 21.3. The molecule has 1 aliphatic heterocycles. The Hall–Kier alpha value is -2.54. The predicted octanol–water partition coefficient (Wildman–Crippen LogP) is 1.19. The van der Waals surface area contributed by atoms with Crippen LogP contribution in [0.1, 0.15) is 25.0 Å². The normalized spacial score (nSPS) is 18.8. The second kappa shape index (κ2) is 7.78. The molecule has 0 spiro atoms. The minimum absolute atomic E-state index is 0.0788. The Bertz CT molecular complexity index is 744. The van der Waals surface area contributed by atoms with Crippen LogP contribution in [0.2, 0.25) is 0 Å². The van der Waals surface area contributed by atoms with Gasteiger partial charge in [-0.05, 0) is 25.5 Å². The lowest BCUT2D eigenvalue weighted by atomic mass is 10.0. The number of benzene rings is 1. The summed E-state index contributed by atoms with van der Waals surface area (Å²) in [6.45, 7) is 5.38. The van der Waals surface area contributed by atoms with Gasteiger partial charge in [-0.3, -0.25) is 4.68 Å². The van der Waals surface area contributed by atoms with Crippen molar-refractivity contribution in [2.45, 2.75) is 32.0 Å². The molecule has 26 heavy (non-hydrogen) atoms. The van der Waals surface area contributed by atoms with Crippen LogP contribution in [0, 0.1) is 0 Å². The fourth-order valence-electron chi connectivity index (χ4n) is 2.94. The maximum atomic E-state index is 10.7. The van der Waals surface area contributed by atoms with Crippen molar-refractivity contribution >= 4 is 5.96 Å². The van der Waals surface area contributed by atoms with Crippen LogP contribution in [0.4, 0.5) is 0 Å². The van der Waals surface area contributed by atoms with E-state index in [4.69, 9.17) is 4.74 Å². The zero-order valence-electron chi connectivity index (χ0n) is 15.6. The van der Waals surface area contributed by atoms with Gasteiger partial charge in [-0.25, -0.2) is 4.99 Å². The number of nitrogens with one attached hydrogen (secondary N) is 2. The first-order valence-corrected chi connectivity index (χ1v) is 8.96. The maximum absolute atomic E-state index is 10.7. The van der Waals surface area contributed by atoms with E-state index in [1.54, 1.807) is 24.0 Å². The molecule has 3 rings (SSSR count). The topological polar surface area (TPSA) is 83.7 Å². The second-order valence-electron chi connectivity index (χ2n) is 6.80. The SMILES string of the molecule is CCNC(=NCC(C)(O)c1cnn(C)c1)NCC1Cc2ccccc2O1. The molecule has 0 bridgehead atoms. The van der Waals surface area contributed by atoms with E-state index < -0.39 is 5.60 Å². The maximum Gasteiger partial charge on any atom is 0.191 e. The number of aliphatic imine (C=N–C) groups is 1. The number of fused-ring (bicyclic) bond motifs is 1. The summed E-state index contributed by atoms with van der Waals surface area (Å²) in [6, 6.07) is 8.12. The number of ether oxygens (including phenoxy) is 1. The summed E-state index contributed by atoms with van der Waals surface area (Å²) in [5.74, 6) is 1.62. The third kappa shape index (κ3) is 4.35. The molecule has 0 aliphatic carbocycles. The van der Waals surface area contributed by atoms with Crippen LogP contribution < -0.4 is 15.4 Å². The highest BCUT2D eigenvalue weighted by atomic mass is 16.5. The summed E-state index contributed by atoms with van der Waals surface area (Å²) < 4.78 is 7.62. The van der Waals surface area contributed by atoms with Gasteiger partial charge in [0.15, 0.2) is 5.96 Å². The molecular formula is C19H27N5O2. The number of rotatable bonds is 6. The Kier molecular flexibility index (Phi) is 5.46. The number of guanidine groups is 1. The van der Waals surface area contributed by atoms with Gasteiger partial charge in [-0.15, -0.1) is 0 Å². The molecule has 3 N–H and O–H groups in total. The zero-order valence-corrected chi connectivity index (χ0v) is 15.6. The molecule has 2 aromatic rings. The molecule has 2 heterocycles. The van der Waals surface area contributed by atoms with Crippen molar-refractivity contribution in [3.63, 3.8) is 0 Å². The summed E-state index contributed by atoms with van der Waals surface area (Å²) in [7, 11) is 1.83. The molecule has 140 valence electrons. The molecule has 0 amide bonds. The first-order valence-electron chi connectivity index (χ1n) is 8.96. The van der Waals surface area contributed by atoms with Crippen LogP contribution in [0.3, 0.4) is 0 Å². The van der Waals surface area contributed by atoms with Crippen molar-refractivity contribution in [1.29, 1.82) is 0 Å². The van der Waals surface area contributed by atoms with E-state index in [1.165, 1.54) is 5.56 Å². The Labute approximate surface area is 154 Å². The summed E-state index contributed by atoms with van der Waals surface area (Å²) >= 11 is 0. The van der Waals surface area contributed by atoms with E-state index in [1.807, 2.05) is 32.2 Å². The number of aryl methyl sites for hydroxylation is 1. The highest BCUT2D eigenvalue weighted by molar-refractivity contribution is 5.79. The van der Waals surface area contributed by atoms with Crippen LogP contribution in [0.15, 0.2) is 41.7 Å². The van der Waals surface area contributed by atoms with Crippen molar-refractivity contribution in [3.8, 4) is 5.75 Å². The van der Waals surface area contributed by atoms with Gasteiger partial charge in [0.2, 0.25) is 0 Å². The molecule has 7 nitrogen and oxygen atoms in total. The van der Waals surface area contributed by atoms with Gasteiger partial charge < -0.3 is 20.5 Å². The van der Waals surface area contributed by atoms with Crippen molar-refractivity contribution in [1.82, 2.24) is 20.4 Å². The minimum atomic E-state index is -1.07. The van der Waals surface area contributed by atoms with Crippen molar-refractivity contribution in [2.24, 2.45) is 12.0 Å². The Morgan fingerprint density at radius 2 is 2.23 bits per heavy atom. The molecule has 7 heteroatoms. The molecule has 2 atom stereocenters. The molecule has 0 radical (unpaired) electrons. The van der Waals surface area contributed by atoms with Gasteiger partial charge in [-0.1, -0.05) is 18.2 Å². The van der Waals surface area contributed by atoms with Gasteiger partial charge in [0.1, 0.15) is 17.5 Å². The van der Waals surface area contributed by atoms with Crippen LogP contribution in [0.5, 0.6) is 5.75 Å². The molecule has 1 aromatic heterocycles. The van der Waals surface area contributed by atoms with Gasteiger partial charge in [-0.2, -0.15) is 5.10 Å². The minimum Gasteiger partial charge on any atom is -0.488 e. The lowest BCUT2D eigenvalue weighted by molar-refractivity contribution is 0.0671. The quantitative estimate of drug-likeness (QED) is 0.534. The number of nitrogens with zero attached hydrogens (tertiary/aromatic N) is 3.